The Morgan fingerprint density at radius 2 is 1.88 bits per heavy atom. The number of amides is 1. The number of para-hydroxylation sites is 1. The molecule has 2 aliphatic heterocycles. The standard InChI is InChI=1S/C24H26N4O4S/c29-22(25-15-19-8-4-11-30-19)16-33-24-27-26-23(28(24)18-6-2-1-3-7-18)17-9-10-20-21(14-17)32-13-5-12-31-20/h1-3,6-7,9-10,14,19H,4-5,8,11-13,15-16H2,(H,25,29)/t19-/m0/s1. The SMILES string of the molecule is O=C(CSc1nnc(-c2ccc3c(c2)OCCCO3)n1-c1ccccc1)NC[C@@H]1CCCO1. The van der Waals surface area contributed by atoms with Gasteiger partial charge in [-0.25, -0.2) is 0 Å². The van der Waals surface area contributed by atoms with Gasteiger partial charge in [-0.15, -0.1) is 10.2 Å². The molecule has 0 spiro atoms. The van der Waals surface area contributed by atoms with Crippen molar-refractivity contribution in [3.8, 4) is 28.6 Å². The summed E-state index contributed by atoms with van der Waals surface area (Å²) < 4.78 is 19.2. The van der Waals surface area contributed by atoms with Gasteiger partial charge in [0, 0.05) is 30.8 Å². The third-order valence-electron chi connectivity index (χ3n) is 5.54. The maximum Gasteiger partial charge on any atom is 0.230 e. The van der Waals surface area contributed by atoms with Crippen molar-refractivity contribution in [2.24, 2.45) is 0 Å². The first-order valence-electron chi connectivity index (χ1n) is 11.2. The predicted molar refractivity (Wildman–Crippen MR) is 125 cm³/mol. The van der Waals surface area contributed by atoms with Crippen LogP contribution in [0.5, 0.6) is 11.5 Å². The molecule has 0 radical (unpaired) electrons. The average Bonchev–Trinajstić information content (AvgIpc) is 3.46. The van der Waals surface area contributed by atoms with Gasteiger partial charge in [-0.05, 0) is 43.2 Å². The van der Waals surface area contributed by atoms with Crippen molar-refractivity contribution >= 4 is 17.7 Å². The van der Waals surface area contributed by atoms with E-state index in [2.05, 4.69) is 15.5 Å². The molecule has 1 saturated heterocycles. The van der Waals surface area contributed by atoms with Crippen molar-refractivity contribution in [1.82, 2.24) is 20.1 Å². The minimum absolute atomic E-state index is 0.0461. The number of benzene rings is 2. The normalized spacial score (nSPS) is 17.5. The molecule has 0 bridgehead atoms. The fourth-order valence-electron chi connectivity index (χ4n) is 3.88. The van der Waals surface area contributed by atoms with Crippen LogP contribution < -0.4 is 14.8 Å². The second-order valence-corrected chi connectivity index (χ2v) is 8.86. The lowest BCUT2D eigenvalue weighted by Gasteiger charge is -2.13. The van der Waals surface area contributed by atoms with Gasteiger partial charge in [0.1, 0.15) is 0 Å². The van der Waals surface area contributed by atoms with E-state index in [0.717, 1.165) is 42.9 Å². The van der Waals surface area contributed by atoms with Gasteiger partial charge in [0.05, 0.1) is 25.1 Å². The molecule has 3 heterocycles. The molecule has 172 valence electrons. The molecule has 1 amide bonds. The molecule has 5 rings (SSSR count). The van der Waals surface area contributed by atoms with Crippen LogP contribution >= 0.6 is 11.8 Å². The lowest BCUT2D eigenvalue weighted by molar-refractivity contribution is -0.119. The first kappa shape index (κ1) is 21.8. The fourth-order valence-corrected chi connectivity index (χ4v) is 4.66. The second kappa shape index (κ2) is 10.3. The van der Waals surface area contributed by atoms with E-state index >= 15 is 0 Å². The number of fused-ring (bicyclic) bond motifs is 1. The minimum atomic E-state index is -0.0461. The molecule has 1 aromatic heterocycles. The summed E-state index contributed by atoms with van der Waals surface area (Å²) in [6.45, 7) is 2.58. The van der Waals surface area contributed by atoms with Gasteiger partial charge in [0.25, 0.3) is 0 Å². The number of hydrogen-bond acceptors (Lipinski definition) is 7. The van der Waals surface area contributed by atoms with Crippen LogP contribution in [0.25, 0.3) is 17.1 Å². The predicted octanol–water partition coefficient (Wildman–Crippen LogP) is 3.48. The van der Waals surface area contributed by atoms with Gasteiger partial charge in [-0.2, -0.15) is 0 Å². The van der Waals surface area contributed by atoms with Crippen molar-refractivity contribution in [1.29, 1.82) is 0 Å². The zero-order valence-corrected chi connectivity index (χ0v) is 19.1. The molecule has 33 heavy (non-hydrogen) atoms. The lowest BCUT2D eigenvalue weighted by atomic mass is 10.2. The summed E-state index contributed by atoms with van der Waals surface area (Å²) in [5.41, 5.74) is 1.79. The third kappa shape index (κ3) is 5.15. The Labute approximate surface area is 196 Å². The number of ether oxygens (including phenoxy) is 3. The largest absolute Gasteiger partial charge is 0.490 e. The quantitative estimate of drug-likeness (QED) is 0.534. The van der Waals surface area contributed by atoms with Crippen LogP contribution in [0.4, 0.5) is 0 Å². The van der Waals surface area contributed by atoms with Crippen LogP contribution in [0, 0.1) is 0 Å². The maximum absolute atomic E-state index is 12.4. The Morgan fingerprint density at radius 3 is 2.70 bits per heavy atom. The molecule has 8 nitrogen and oxygen atoms in total. The molecular weight excluding hydrogens is 440 g/mol. The summed E-state index contributed by atoms with van der Waals surface area (Å²) in [6.07, 6.45) is 3.02. The van der Waals surface area contributed by atoms with E-state index in [1.165, 1.54) is 11.8 Å². The highest BCUT2D eigenvalue weighted by molar-refractivity contribution is 7.99. The van der Waals surface area contributed by atoms with E-state index in [0.29, 0.717) is 36.5 Å². The van der Waals surface area contributed by atoms with E-state index in [1.807, 2.05) is 53.1 Å². The summed E-state index contributed by atoms with van der Waals surface area (Å²) in [5, 5.41) is 12.5. The lowest BCUT2D eigenvalue weighted by Crippen LogP contribution is -2.32. The molecule has 3 aromatic rings. The highest BCUT2D eigenvalue weighted by Gasteiger charge is 2.20. The molecule has 1 N–H and O–H groups in total. The van der Waals surface area contributed by atoms with Crippen LogP contribution in [0.1, 0.15) is 19.3 Å². The topological polar surface area (TPSA) is 87.5 Å². The van der Waals surface area contributed by atoms with Gasteiger partial charge in [0.15, 0.2) is 22.5 Å². The summed E-state index contributed by atoms with van der Waals surface area (Å²) in [6, 6.07) is 15.7. The van der Waals surface area contributed by atoms with Crippen molar-refractivity contribution in [2.75, 3.05) is 32.1 Å². The van der Waals surface area contributed by atoms with Crippen LogP contribution in [-0.2, 0) is 9.53 Å². The zero-order chi connectivity index (χ0) is 22.5. The molecule has 0 unspecified atom stereocenters. The molecule has 1 fully saturated rings. The number of carbonyl (C=O) groups is 1. The molecule has 2 aromatic carbocycles. The Balaban J connectivity index is 1.38. The van der Waals surface area contributed by atoms with Crippen LogP contribution in [-0.4, -0.2) is 58.9 Å². The number of rotatable bonds is 7. The Bertz CT molecular complexity index is 1100. The first-order valence-corrected chi connectivity index (χ1v) is 12.2. The van der Waals surface area contributed by atoms with E-state index in [4.69, 9.17) is 14.2 Å². The smallest absolute Gasteiger partial charge is 0.230 e. The number of nitrogens with one attached hydrogen (secondary N) is 1. The van der Waals surface area contributed by atoms with Crippen LogP contribution in [0.3, 0.4) is 0 Å². The first-order chi connectivity index (χ1) is 16.3. The number of nitrogens with zero attached hydrogens (tertiary/aromatic N) is 3. The molecule has 0 saturated carbocycles. The Kier molecular flexibility index (Phi) is 6.78. The van der Waals surface area contributed by atoms with Gasteiger partial charge < -0.3 is 19.5 Å². The van der Waals surface area contributed by atoms with Crippen molar-refractivity contribution in [3.63, 3.8) is 0 Å². The second-order valence-electron chi connectivity index (χ2n) is 7.92. The average molecular weight is 467 g/mol. The van der Waals surface area contributed by atoms with E-state index in [9.17, 15) is 4.79 Å². The van der Waals surface area contributed by atoms with E-state index in [-0.39, 0.29) is 17.8 Å². The number of thioether (sulfide) groups is 1. The van der Waals surface area contributed by atoms with E-state index < -0.39 is 0 Å². The summed E-state index contributed by atoms with van der Waals surface area (Å²) in [4.78, 5) is 12.4. The highest BCUT2D eigenvalue weighted by Crippen LogP contribution is 2.35. The van der Waals surface area contributed by atoms with Gasteiger partial charge in [-0.3, -0.25) is 9.36 Å². The zero-order valence-electron chi connectivity index (χ0n) is 18.2. The van der Waals surface area contributed by atoms with Crippen LogP contribution in [0.2, 0.25) is 0 Å². The van der Waals surface area contributed by atoms with Crippen molar-refractivity contribution < 1.29 is 19.0 Å². The molecule has 0 aliphatic carbocycles. The third-order valence-corrected chi connectivity index (χ3v) is 6.47. The number of hydrogen-bond donors (Lipinski definition) is 1. The summed E-state index contributed by atoms with van der Waals surface area (Å²) in [5.74, 6) is 2.32. The summed E-state index contributed by atoms with van der Waals surface area (Å²) in [7, 11) is 0. The Morgan fingerprint density at radius 1 is 1.03 bits per heavy atom. The summed E-state index contributed by atoms with van der Waals surface area (Å²) >= 11 is 1.36. The minimum Gasteiger partial charge on any atom is -0.490 e. The van der Waals surface area contributed by atoms with Crippen molar-refractivity contribution in [2.45, 2.75) is 30.5 Å². The van der Waals surface area contributed by atoms with Gasteiger partial charge in [-0.1, -0.05) is 30.0 Å². The van der Waals surface area contributed by atoms with E-state index in [1.54, 1.807) is 0 Å². The number of aromatic nitrogens is 3. The Hall–Kier alpha value is -3.04. The monoisotopic (exact) mass is 466 g/mol. The number of carbonyl (C=O) groups excluding carboxylic acids is 1. The fraction of sp³-hybridized carbons (Fsp3) is 0.375. The highest BCUT2D eigenvalue weighted by atomic mass is 32.2. The van der Waals surface area contributed by atoms with Crippen LogP contribution in [0.15, 0.2) is 53.7 Å². The van der Waals surface area contributed by atoms with Gasteiger partial charge >= 0.3 is 0 Å². The van der Waals surface area contributed by atoms with Gasteiger partial charge in [0.2, 0.25) is 5.91 Å². The molecule has 1 atom stereocenters. The molecule has 2 aliphatic rings. The molecule has 9 heteroatoms. The maximum atomic E-state index is 12.4. The molecular formula is C24H26N4O4S. The van der Waals surface area contributed by atoms with Crippen molar-refractivity contribution in [3.05, 3.63) is 48.5 Å².